The zero-order chi connectivity index (χ0) is 15.4. The van der Waals surface area contributed by atoms with Crippen LogP contribution in [0.4, 0.5) is 10.1 Å². The van der Waals surface area contributed by atoms with Crippen molar-refractivity contribution in [1.82, 2.24) is 0 Å². The quantitative estimate of drug-likeness (QED) is 0.922. The first-order valence-corrected chi connectivity index (χ1v) is 6.78. The topological polar surface area (TPSA) is 56.8 Å². The molecule has 3 rings (SSSR count). The number of anilines is 1. The second-order valence-electron chi connectivity index (χ2n) is 4.67. The Morgan fingerprint density at radius 3 is 2.73 bits per heavy atom. The SMILES string of the molecule is O=C(CCOc1ccc(F)cc1)Nc1ccc2c(c1)OCO2. The van der Waals surface area contributed by atoms with Gasteiger partial charge in [-0.25, -0.2) is 4.39 Å². The van der Waals surface area contributed by atoms with Crippen LogP contribution in [-0.2, 0) is 4.79 Å². The molecule has 22 heavy (non-hydrogen) atoms. The third-order valence-electron chi connectivity index (χ3n) is 3.07. The summed E-state index contributed by atoms with van der Waals surface area (Å²) in [6.07, 6.45) is 0.186. The molecule has 2 aromatic rings. The Balaban J connectivity index is 1.47. The largest absolute Gasteiger partial charge is 0.493 e. The van der Waals surface area contributed by atoms with Gasteiger partial charge in [-0.3, -0.25) is 4.79 Å². The van der Waals surface area contributed by atoms with Crippen molar-refractivity contribution in [3.05, 3.63) is 48.3 Å². The highest BCUT2D eigenvalue weighted by molar-refractivity contribution is 5.91. The smallest absolute Gasteiger partial charge is 0.231 e. The van der Waals surface area contributed by atoms with Crippen LogP contribution < -0.4 is 19.5 Å². The normalized spacial score (nSPS) is 12.0. The van der Waals surface area contributed by atoms with Crippen molar-refractivity contribution in [3.63, 3.8) is 0 Å². The molecule has 0 spiro atoms. The van der Waals surface area contributed by atoms with Crippen LogP contribution in [0.15, 0.2) is 42.5 Å². The third-order valence-corrected chi connectivity index (χ3v) is 3.07. The van der Waals surface area contributed by atoms with Crippen LogP contribution in [-0.4, -0.2) is 19.3 Å². The molecule has 6 heteroatoms. The molecule has 114 valence electrons. The van der Waals surface area contributed by atoms with Gasteiger partial charge in [0.05, 0.1) is 13.0 Å². The van der Waals surface area contributed by atoms with Gasteiger partial charge in [0.15, 0.2) is 11.5 Å². The van der Waals surface area contributed by atoms with Crippen LogP contribution in [0.2, 0.25) is 0 Å². The highest BCUT2D eigenvalue weighted by Gasteiger charge is 2.14. The van der Waals surface area contributed by atoms with Gasteiger partial charge in [0.1, 0.15) is 11.6 Å². The second kappa shape index (κ2) is 6.34. The third kappa shape index (κ3) is 3.46. The van der Waals surface area contributed by atoms with Crippen molar-refractivity contribution in [3.8, 4) is 17.2 Å². The molecule has 1 N–H and O–H groups in total. The number of benzene rings is 2. The summed E-state index contributed by atoms with van der Waals surface area (Å²) in [7, 11) is 0. The number of ether oxygens (including phenoxy) is 3. The fourth-order valence-electron chi connectivity index (χ4n) is 1.99. The summed E-state index contributed by atoms with van der Waals surface area (Å²) in [5.41, 5.74) is 0.635. The summed E-state index contributed by atoms with van der Waals surface area (Å²) < 4.78 is 28.5. The summed E-state index contributed by atoms with van der Waals surface area (Å²) in [4.78, 5) is 11.8. The van der Waals surface area contributed by atoms with Crippen LogP contribution in [0.3, 0.4) is 0 Å². The zero-order valence-corrected chi connectivity index (χ0v) is 11.7. The van der Waals surface area contributed by atoms with Crippen LogP contribution in [0, 0.1) is 5.82 Å². The molecule has 0 bridgehead atoms. The number of amides is 1. The van der Waals surface area contributed by atoms with E-state index in [4.69, 9.17) is 14.2 Å². The number of rotatable bonds is 5. The molecule has 0 saturated heterocycles. The van der Waals surface area contributed by atoms with Crippen molar-refractivity contribution in [1.29, 1.82) is 0 Å². The molecule has 5 nitrogen and oxygen atoms in total. The van der Waals surface area contributed by atoms with Crippen molar-refractivity contribution < 1.29 is 23.4 Å². The van der Waals surface area contributed by atoms with E-state index in [2.05, 4.69) is 5.32 Å². The lowest BCUT2D eigenvalue weighted by atomic mass is 10.2. The van der Waals surface area contributed by atoms with Crippen LogP contribution in [0.5, 0.6) is 17.2 Å². The van der Waals surface area contributed by atoms with Gasteiger partial charge in [0.25, 0.3) is 0 Å². The van der Waals surface area contributed by atoms with Gasteiger partial charge in [0, 0.05) is 11.8 Å². The maximum atomic E-state index is 12.7. The number of carbonyl (C=O) groups excluding carboxylic acids is 1. The van der Waals surface area contributed by atoms with E-state index in [-0.39, 0.29) is 31.5 Å². The number of carbonyl (C=O) groups is 1. The van der Waals surface area contributed by atoms with Gasteiger partial charge in [-0.15, -0.1) is 0 Å². The highest BCUT2D eigenvalue weighted by atomic mass is 19.1. The van der Waals surface area contributed by atoms with E-state index < -0.39 is 0 Å². The molecule has 0 aromatic heterocycles. The molecule has 1 amide bonds. The van der Waals surface area contributed by atoms with E-state index in [1.165, 1.54) is 24.3 Å². The lowest BCUT2D eigenvalue weighted by Gasteiger charge is -2.08. The number of fused-ring (bicyclic) bond motifs is 1. The highest BCUT2D eigenvalue weighted by Crippen LogP contribution is 2.34. The zero-order valence-electron chi connectivity index (χ0n) is 11.7. The van der Waals surface area contributed by atoms with E-state index in [9.17, 15) is 9.18 Å². The Morgan fingerprint density at radius 2 is 1.91 bits per heavy atom. The molecule has 0 unspecified atom stereocenters. The Kier molecular flexibility index (Phi) is 4.09. The first kappa shape index (κ1) is 14.2. The summed E-state index contributed by atoms with van der Waals surface area (Å²) in [5.74, 6) is 1.30. The van der Waals surface area contributed by atoms with E-state index in [1.807, 2.05) is 0 Å². The number of hydrogen-bond acceptors (Lipinski definition) is 4. The summed E-state index contributed by atoms with van der Waals surface area (Å²) in [6, 6.07) is 10.8. The van der Waals surface area contributed by atoms with Crippen LogP contribution in [0.1, 0.15) is 6.42 Å². The second-order valence-corrected chi connectivity index (χ2v) is 4.67. The lowest BCUT2D eigenvalue weighted by molar-refractivity contribution is -0.116. The number of hydrogen-bond donors (Lipinski definition) is 1. The molecule has 2 aromatic carbocycles. The Bertz CT molecular complexity index is 672. The molecular formula is C16H14FNO4. The van der Waals surface area contributed by atoms with Crippen molar-refractivity contribution >= 4 is 11.6 Å². The average Bonchev–Trinajstić information content (AvgIpc) is 2.97. The first-order chi connectivity index (χ1) is 10.7. The predicted molar refractivity (Wildman–Crippen MR) is 77.7 cm³/mol. The number of halogens is 1. The van der Waals surface area contributed by atoms with Crippen LogP contribution >= 0.6 is 0 Å². The van der Waals surface area contributed by atoms with Gasteiger partial charge in [-0.05, 0) is 36.4 Å². The Morgan fingerprint density at radius 1 is 1.14 bits per heavy atom. The number of nitrogens with one attached hydrogen (secondary N) is 1. The maximum Gasteiger partial charge on any atom is 0.231 e. The Labute approximate surface area is 126 Å². The van der Waals surface area contributed by atoms with Gasteiger partial charge >= 0.3 is 0 Å². The minimum atomic E-state index is -0.326. The summed E-state index contributed by atoms with van der Waals surface area (Å²) in [5, 5.41) is 2.75. The molecule has 0 saturated carbocycles. The standard InChI is InChI=1S/C16H14FNO4/c17-11-1-4-13(5-2-11)20-8-7-16(19)18-12-3-6-14-15(9-12)22-10-21-14/h1-6,9H,7-8,10H2,(H,18,19). The minimum Gasteiger partial charge on any atom is -0.493 e. The minimum absolute atomic E-state index is 0.180. The molecule has 0 aliphatic carbocycles. The van der Waals surface area contributed by atoms with Gasteiger partial charge < -0.3 is 19.5 Å². The van der Waals surface area contributed by atoms with Gasteiger partial charge in [0.2, 0.25) is 12.7 Å². The molecule has 1 aliphatic heterocycles. The van der Waals surface area contributed by atoms with E-state index in [1.54, 1.807) is 18.2 Å². The van der Waals surface area contributed by atoms with Crippen molar-refractivity contribution in [2.75, 3.05) is 18.7 Å². The van der Waals surface area contributed by atoms with Crippen LogP contribution in [0.25, 0.3) is 0 Å². The molecule has 0 radical (unpaired) electrons. The molecule has 1 heterocycles. The predicted octanol–water partition coefficient (Wildman–Crippen LogP) is 2.96. The van der Waals surface area contributed by atoms with E-state index in [0.29, 0.717) is 22.9 Å². The fraction of sp³-hybridized carbons (Fsp3) is 0.188. The average molecular weight is 303 g/mol. The molecular weight excluding hydrogens is 289 g/mol. The molecule has 0 fully saturated rings. The first-order valence-electron chi connectivity index (χ1n) is 6.78. The van der Waals surface area contributed by atoms with Gasteiger partial charge in [-0.2, -0.15) is 0 Å². The summed E-state index contributed by atoms with van der Waals surface area (Å²) in [6.45, 7) is 0.403. The lowest BCUT2D eigenvalue weighted by Crippen LogP contribution is -2.15. The molecule has 0 atom stereocenters. The van der Waals surface area contributed by atoms with Crippen molar-refractivity contribution in [2.45, 2.75) is 6.42 Å². The maximum absolute atomic E-state index is 12.7. The summed E-state index contributed by atoms with van der Waals surface area (Å²) >= 11 is 0. The fourth-order valence-corrected chi connectivity index (χ4v) is 1.99. The Hall–Kier alpha value is -2.76. The van der Waals surface area contributed by atoms with Gasteiger partial charge in [-0.1, -0.05) is 0 Å². The molecule has 1 aliphatic rings. The van der Waals surface area contributed by atoms with E-state index >= 15 is 0 Å². The monoisotopic (exact) mass is 303 g/mol. The van der Waals surface area contributed by atoms with E-state index in [0.717, 1.165) is 0 Å². The van der Waals surface area contributed by atoms with Crippen molar-refractivity contribution in [2.24, 2.45) is 0 Å².